The van der Waals surface area contributed by atoms with Gasteiger partial charge in [-0.3, -0.25) is 0 Å². The van der Waals surface area contributed by atoms with Crippen molar-refractivity contribution in [3.63, 3.8) is 0 Å². The van der Waals surface area contributed by atoms with Crippen LogP contribution in [0, 0.1) is 0 Å². The molecule has 0 saturated carbocycles. The van der Waals surface area contributed by atoms with Crippen LogP contribution in [0.25, 0.3) is 0 Å². The second-order valence-corrected chi connectivity index (χ2v) is 3.55. The van der Waals surface area contributed by atoms with Crippen LogP contribution >= 0.6 is 0 Å². The van der Waals surface area contributed by atoms with E-state index in [0.29, 0.717) is 0 Å². The summed E-state index contributed by atoms with van der Waals surface area (Å²) >= 11 is 0. The summed E-state index contributed by atoms with van der Waals surface area (Å²) in [5, 5.41) is 28.0. The fourth-order valence-corrected chi connectivity index (χ4v) is 1.65. The number of rotatable bonds is 3. The van der Waals surface area contributed by atoms with Crippen molar-refractivity contribution in [2.45, 2.75) is 30.5 Å². The van der Waals surface area contributed by atoms with Crippen LogP contribution in [0.2, 0.25) is 0 Å². The lowest BCUT2D eigenvalue weighted by Crippen LogP contribution is -2.60. The summed E-state index contributed by atoms with van der Waals surface area (Å²) in [6, 6.07) is 0. The molecule has 0 aromatic carbocycles. The molecule has 94 valence electrons. The number of ether oxygens (including phenoxy) is 3. The standard InChI is InChI=1S/C9H16O7/c1-14-8(13)9(15-2)3-5(11)7(12)6(4-10)16-9/h5-7,10-12H,3-4H2,1-2H3. The number of methoxy groups -OCH3 is 2. The van der Waals surface area contributed by atoms with Crippen molar-refractivity contribution in [1.82, 2.24) is 0 Å². The molecule has 0 aromatic rings. The molecule has 1 heterocycles. The van der Waals surface area contributed by atoms with Gasteiger partial charge in [0.1, 0.15) is 12.2 Å². The van der Waals surface area contributed by atoms with Crippen LogP contribution in [0.5, 0.6) is 0 Å². The van der Waals surface area contributed by atoms with E-state index in [1.807, 2.05) is 0 Å². The zero-order valence-electron chi connectivity index (χ0n) is 9.12. The predicted octanol–water partition coefficient (Wildman–Crippen LogP) is -1.99. The molecule has 1 aliphatic heterocycles. The summed E-state index contributed by atoms with van der Waals surface area (Å²) in [5.41, 5.74) is 0. The molecule has 4 unspecified atom stereocenters. The smallest absolute Gasteiger partial charge is 0.366 e. The molecule has 0 aliphatic carbocycles. The van der Waals surface area contributed by atoms with Gasteiger partial charge in [0, 0.05) is 13.5 Å². The summed E-state index contributed by atoms with van der Waals surface area (Å²) < 4.78 is 14.6. The minimum Gasteiger partial charge on any atom is -0.465 e. The fraction of sp³-hybridized carbons (Fsp3) is 0.889. The first-order valence-electron chi connectivity index (χ1n) is 4.79. The van der Waals surface area contributed by atoms with Gasteiger partial charge in [0.15, 0.2) is 0 Å². The Bertz CT molecular complexity index is 256. The highest BCUT2D eigenvalue weighted by Gasteiger charge is 2.52. The maximum absolute atomic E-state index is 11.5. The van der Waals surface area contributed by atoms with Crippen LogP contribution in [0.15, 0.2) is 0 Å². The highest BCUT2D eigenvalue weighted by molar-refractivity contribution is 5.78. The number of aliphatic hydroxyl groups excluding tert-OH is 3. The maximum atomic E-state index is 11.5. The zero-order chi connectivity index (χ0) is 12.3. The molecule has 7 nitrogen and oxygen atoms in total. The Hall–Kier alpha value is -0.730. The van der Waals surface area contributed by atoms with Crippen LogP contribution < -0.4 is 0 Å². The average molecular weight is 236 g/mol. The quantitative estimate of drug-likeness (QED) is 0.487. The van der Waals surface area contributed by atoms with Crippen molar-refractivity contribution >= 4 is 5.97 Å². The Morgan fingerprint density at radius 3 is 2.56 bits per heavy atom. The second kappa shape index (κ2) is 5.07. The molecule has 1 saturated heterocycles. The largest absolute Gasteiger partial charge is 0.465 e. The van der Waals surface area contributed by atoms with E-state index in [0.717, 1.165) is 7.11 Å². The van der Waals surface area contributed by atoms with E-state index in [4.69, 9.17) is 14.6 Å². The van der Waals surface area contributed by atoms with Gasteiger partial charge >= 0.3 is 5.97 Å². The number of carbonyl (C=O) groups is 1. The van der Waals surface area contributed by atoms with Gasteiger partial charge in [-0.1, -0.05) is 0 Å². The fourth-order valence-electron chi connectivity index (χ4n) is 1.65. The zero-order valence-corrected chi connectivity index (χ0v) is 9.12. The number of hydrogen-bond acceptors (Lipinski definition) is 7. The van der Waals surface area contributed by atoms with Gasteiger partial charge in [-0.2, -0.15) is 0 Å². The summed E-state index contributed by atoms with van der Waals surface area (Å²) in [7, 11) is 2.37. The molecule has 4 atom stereocenters. The maximum Gasteiger partial charge on any atom is 0.366 e. The van der Waals surface area contributed by atoms with E-state index in [1.54, 1.807) is 0 Å². The van der Waals surface area contributed by atoms with Crippen molar-refractivity contribution in [1.29, 1.82) is 0 Å². The van der Waals surface area contributed by atoms with E-state index < -0.39 is 36.7 Å². The molecule has 3 N–H and O–H groups in total. The highest BCUT2D eigenvalue weighted by atomic mass is 16.7. The molecule has 1 aliphatic rings. The highest BCUT2D eigenvalue weighted by Crippen LogP contribution is 2.31. The van der Waals surface area contributed by atoms with E-state index in [2.05, 4.69) is 4.74 Å². The molecule has 0 aromatic heterocycles. The third kappa shape index (κ3) is 2.18. The van der Waals surface area contributed by atoms with Crippen LogP contribution in [0.3, 0.4) is 0 Å². The lowest BCUT2D eigenvalue weighted by Gasteiger charge is -2.41. The first-order valence-corrected chi connectivity index (χ1v) is 4.79. The molecule has 1 fully saturated rings. The van der Waals surface area contributed by atoms with Crippen LogP contribution in [-0.2, 0) is 19.0 Å². The molecule has 7 heteroatoms. The summed E-state index contributed by atoms with van der Waals surface area (Å²) in [5.74, 6) is -2.60. The van der Waals surface area contributed by atoms with Gasteiger partial charge in [-0.25, -0.2) is 4.79 Å². The predicted molar refractivity (Wildman–Crippen MR) is 50.3 cm³/mol. The topological polar surface area (TPSA) is 105 Å². The van der Waals surface area contributed by atoms with Gasteiger partial charge in [-0.15, -0.1) is 0 Å². The Morgan fingerprint density at radius 2 is 2.12 bits per heavy atom. The first kappa shape index (κ1) is 13.3. The van der Waals surface area contributed by atoms with E-state index in [9.17, 15) is 15.0 Å². The van der Waals surface area contributed by atoms with E-state index >= 15 is 0 Å². The number of esters is 1. The molecule has 0 radical (unpaired) electrons. The lowest BCUT2D eigenvalue weighted by atomic mass is 9.95. The van der Waals surface area contributed by atoms with Gasteiger partial charge < -0.3 is 29.5 Å². The average Bonchev–Trinajstić information content (AvgIpc) is 2.31. The Morgan fingerprint density at radius 1 is 1.50 bits per heavy atom. The summed E-state index contributed by atoms with van der Waals surface area (Å²) in [6.07, 6.45) is -3.85. The third-order valence-electron chi connectivity index (χ3n) is 2.60. The van der Waals surface area contributed by atoms with Gasteiger partial charge in [0.2, 0.25) is 0 Å². The van der Waals surface area contributed by atoms with Crippen molar-refractivity contribution in [2.24, 2.45) is 0 Å². The van der Waals surface area contributed by atoms with Crippen LogP contribution in [0.4, 0.5) is 0 Å². The normalized spacial score (nSPS) is 39.4. The van der Waals surface area contributed by atoms with Gasteiger partial charge in [0.05, 0.1) is 19.8 Å². The molecular weight excluding hydrogens is 220 g/mol. The molecule has 0 spiro atoms. The number of hydrogen-bond donors (Lipinski definition) is 3. The van der Waals surface area contributed by atoms with Crippen LogP contribution in [-0.4, -0.2) is 66.2 Å². The minimum atomic E-state index is -1.78. The SMILES string of the molecule is COC(=O)C1(OC)CC(O)C(O)C(CO)O1. The van der Waals surface area contributed by atoms with Gasteiger partial charge in [0.25, 0.3) is 5.79 Å². The van der Waals surface area contributed by atoms with E-state index in [-0.39, 0.29) is 6.42 Å². The van der Waals surface area contributed by atoms with Crippen molar-refractivity contribution in [2.75, 3.05) is 20.8 Å². The Balaban J connectivity index is 2.91. The molecule has 0 amide bonds. The first-order chi connectivity index (χ1) is 7.50. The molecule has 1 rings (SSSR count). The minimum absolute atomic E-state index is 0.256. The molecular formula is C9H16O7. The number of aliphatic hydroxyl groups is 3. The molecule has 16 heavy (non-hydrogen) atoms. The van der Waals surface area contributed by atoms with Crippen LogP contribution in [0.1, 0.15) is 6.42 Å². The van der Waals surface area contributed by atoms with Gasteiger partial charge in [-0.05, 0) is 0 Å². The molecule has 0 bridgehead atoms. The monoisotopic (exact) mass is 236 g/mol. The Labute approximate surface area is 92.5 Å². The lowest BCUT2D eigenvalue weighted by molar-refractivity contribution is -0.307. The Kier molecular flexibility index (Phi) is 4.22. The summed E-state index contributed by atoms with van der Waals surface area (Å²) in [6.45, 7) is -0.541. The third-order valence-corrected chi connectivity index (χ3v) is 2.60. The van der Waals surface area contributed by atoms with Crippen molar-refractivity contribution in [3.05, 3.63) is 0 Å². The van der Waals surface area contributed by atoms with E-state index in [1.165, 1.54) is 7.11 Å². The van der Waals surface area contributed by atoms with Crippen molar-refractivity contribution in [3.8, 4) is 0 Å². The number of carbonyl (C=O) groups excluding carboxylic acids is 1. The van der Waals surface area contributed by atoms with Crippen molar-refractivity contribution < 1.29 is 34.3 Å². The summed E-state index contributed by atoms with van der Waals surface area (Å²) in [4.78, 5) is 11.5. The second-order valence-electron chi connectivity index (χ2n) is 3.55.